The number of methoxy groups -OCH3 is 1. The molecule has 0 saturated heterocycles. The van der Waals surface area contributed by atoms with Crippen molar-refractivity contribution in [1.82, 2.24) is 10.6 Å². The fraction of sp³-hybridized carbons (Fsp3) is 0.167. The second-order valence-electron chi connectivity index (χ2n) is 5.13. The van der Waals surface area contributed by atoms with Crippen molar-refractivity contribution in [2.24, 2.45) is 0 Å². The van der Waals surface area contributed by atoms with Crippen LogP contribution in [0.5, 0.6) is 5.75 Å². The second kappa shape index (κ2) is 7.70. The lowest BCUT2D eigenvalue weighted by Gasteiger charge is -2.07. The number of hydrogen-bond donors (Lipinski definition) is 2. The molecule has 0 unspecified atom stereocenters. The lowest BCUT2D eigenvalue weighted by atomic mass is 10.2. The molecule has 124 valence electrons. The van der Waals surface area contributed by atoms with Crippen molar-refractivity contribution in [2.45, 2.75) is 13.1 Å². The highest BCUT2D eigenvalue weighted by molar-refractivity contribution is 7.13. The van der Waals surface area contributed by atoms with Crippen LogP contribution in [-0.2, 0) is 13.1 Å². The molecule has 0 aliphatic heterocycles. The highest BCUT2D eigenvalue weighted by Crippen LogP contribution is 2.26. The molecular formula is C18H18N2O3S. The molecule has 2 N–H and O–H groups in total. The van der Waals surface area contributed by atoms with Gasteiger partial charge in [-0.05, 0) is 41.3 Å². The standard InChI is InChI=1S/C18H18N2O3S/c1-22-14-6-4-13(5-7-14)11-19-18(21)20-12-15-8-9-16(23-15)17-3-2-10-24-17/h2-10H,11-12H2,1H3,(H2,19,20,21). The van der Waals surface area contributed by atoms with Crippen LogP contribution < -0.4 is 15.4 Å². The molecular weight excluding hydrogens is 324 g/mol. The monoisotopic (exact) mass is 342 g/mol. The van der Waals surface area contributed by atoms with Gasteiger partial charge in [0.1, 0.15) is 17.3 Å². The zero-order valence-corrected chi connectivity index (χ0v) is 14.1. The van der Waals surface area contributed by atoms with Crippen molar-refractivity contribution in [1.29, 1.82) is 0 Å². The Morgan fingerprint density at radius 3 is 2.58 bits per heavy atom. The molecule has 24 heavy (non-hydrogen) atoms. The van der Waals surface area contributed by atoms with E-state index in [9.17, 15) is 4.79 Å². The van der Waals surface area contributed by atoms with Gasteiger partial charge < -0.3 is 19.8 Å². The average Bonchev–Trinajstić information content (AvgIpc) is 3.29. The summed E-state index contributed by atoms with van der Waals surface area (Å²) < 4.78 is 10.8. The number of amides is 2. The summed E-state index contributed by atoms with van der Waals surface area (Å²) in [5, 5.41) is 7.60. The number of furan rings is 1. The summed E-state index contributed by atoms with van der Waals surface area (Å²) >= 11 is 1.62. The molecule has 2 heterocycles. The predicted octanol–water partition coefficient (Wildman–Crippen LogP) is 4.02. The van der Waals surface area contributed by atoms with Crippen LogP contribution in [0.4, 0.5) is 4.79 Å². The van der Waals surface area contributed by atoms with Gasteiger partial charge in [-0.15, -0.1) is 11.3 Å². The number of nitrogens with one attached hydrogen (secondary N) is 2. The van der Waals surface area contributed by atoms with Gasteiger partial charge in [0.15, 0.2) is 0 Å². The average molecular weight is 342 g/mol. The first-order valence-electron chi connectivity index (χ1n) is 7.52. The van der Waals surface area contributed by atoms with Gasteiger partial charge >= 0.3 is 6.03 Å². The molecule has 0 aliphatic carbocycles. The molecule has 5 nitrogen and oxygen atoms in total. The van der Waals surface area contributed by atoms with E-state index in [1.807, 2.05) is 53.9 Å². The van der Waals surface area contributed by atoms with E-state index < -0.39 is 0 Å². The zero-order chi connectivity index (χ0) is 16.8. The van der Waals surface area contributed by atoms with Gasteiger partial charge in [0.25, 0.3) is 0 Å². The zero-order valence-electron chi connectivity index (χ0n) is 13.2. The van der Waals surface area contributed by atoms with Crippen molar-refractivity contribution < 1.29 is 13.9 Å². The number of hydrogen-bond acceptors (Lipinski definition) is 4. The molecule has 0 radical (unpaired) electrons. The minimum absolute atomic E-state index is 0.236. The van der Waals surface area contributed by atoms with Gasteiger partial charge in [0, 0.05) is 6.54 Å². The Labute approximate surface area is 144 Å². The van der Waals surface area contributed by atoms with Crippen LogP contribution in [0.2, 0.25) is 0 Å². The molecule has 0 atom stereocenters. The first-order chi connectivity index (χ1) is 11.7. The molecule has 1 aromatic carbocycles. The maximum atomic E-state index is 11.9. The van der Waals surface area contributed by atoms with Crippen LogP contribution in [0.15, 0.2) is 58.3 Å². The number of carbonyl (C=O) groups is 1. The number of benzene rings is 1. The highest BCUT2D eigenvalue weighted by atomic mass is 32.1. The van der Waals surface area contributed by atoms with Crippen molar-refractivity contribution in [3.63, 3.8) is 0 Å². The topological polar surface area (TPSA) is 63.5 Å². The lowest BCUT2D eigenvalue weighted by Crippen LogP contribution is -2.34. The van der Waals surface area contributed by atoms with Crippen molar-refractivity contribution in [3.05, 3.63) is 65.2 Å². The maximum absolute atomic E-state index is 11.9. The van der Waals surface area contributed by atoms with E-state index in [0.29, 0.717) is 13.1 Å². The number of ether oxygens (including phenoxy) is 1. The van der Waals surface area contributed by atoms with Crippen molar-refractivity contribution >= 4 is 17.4 Å². The Morgan fingerprint density at radius 2 is 1.88 bits per heavy atom. The first kappa shape index (κ1) is 16.1. The Hall–Kier alpha value is -2.73. The molecule has 0 bridgehead atoms. The minimum Gasteiger partial charge on any atom is -0.497 e. The lowest BCUT2D eigenvalue weighted by molar-refractivity contribution is 0.239. The first-order valence-corrected chi connectivity index (χ1v) is 8.40. The molecule has 0 fully saturated rings. The van der Waals surface area contributed by atoms with Crippen LogP contribution in [0.3, 0.4) is 0 Å². The third-order valence-electron chi connectivity index (χ3n) is 3.46. The number of rotatable bonds is 6. The molecule has 0 spiro atoms. The SMILES string of the molecule is COc1ccc(CNC(=O)NCc2ccc(-c3cccs3)o2)cc1. The van der Waals surface area contributed by atoms with Crippen LogP contribution in [0, 0.1) is 0 Å². The van der Waals surface area contributed by atoms with Gasteiger partial charge in [-0.1, -0.05) is 18.2 Å². The Balaban J connectivity index is 1.45. The molecule has 6 heteroatoms. The Bertz CT molecular complexity index is 779. The smallest absolute Gasteiger partial charge is 0.315 e. The third kappa shape index (κ3) is 4.17. The number of thiophene rings is 1. The van der Waals surface area contributed by atoms with Gasteiger partial charge in [-0.3, -0.25) is 0 Å². The number of urea groups is 1. The van der Waals surface area contributed by atoms with E-state index in [2.05, 4.69) is 10.6 Å². The van der Waals surface area contributed by atoms with Gasteiger partial charge in [-0.2, -0.15) is 0 Å². The summed E-state index contributed by atoms with van der Waals surface area (Å²) in [6.45, 7) is 0.800. The van der Waals surface area contributed by atoms with Crippen LogP contribution >= 0.6 is 11.3 Å². The van der Waals surface area contributed by atoms with Crippen LogP contribution in [0.25, 0.3) is 10.6 Å². The van der Waals surface area contributed by atoms with E-state index in [0.717, 1.165) is 27.7 Å². The van der Waals surface area contributed by atoms with E-state index in [1.165, 1.54) is 0 Å². The van der Waals surface area contributed by atoms with E-state index >= 15 is 0 Å². The maximum Gasteiger partial charge on any atom is 0.315 e. The summed E-state index contributed by atoms with van der Waals surface area (Å²) in [5.41, 5.74) is 1.00. The summed E-state index contributed by atoms with van der Waals surface area (Å²) in [6, 6.07) is 15.1. The fourth-order valence-corrected chi connectivity index (χ4v) is 2.87. The number of carbonyl (C=O) groups excluding carboxylic acids is 1. The molecule has 2 aromatic heterocycles. The molecule has 0 saturated carbocycles. The second-order valence-corrected chi connectivity index (χ2v) is 6.08. The largest absolute Gasteiger partial charge is 0.497 e. The Kier molecular flexibility index (Phi) is 5.18. The van der Waals surface area contributed by atoms with Crippen LogP contribution in [-0.4, -0.2) is 13.1 Å². The Morgan fingerprint density at radius 1 is 1.08 bits per heavy atom. The van der Waals surface area contributed by atoms with Crippen molar-refractivity contribution in [2.75, 3.05) is 7.11 Å². The molecule has 2 amide bonds. The van der Waals surface area contributed by atoms with Gasteiger partial charge in [0.05, 0.1) is 18.5 Å². The molecule has 0 aliphatic rings. The van der Waals surface area contributed by atoms with E-state index in [1.54, 1.807) is 18.4 Å². The van der Waals surface area contributed by atoms with Gasteiger partial charge in [0.2, 0.25) is 0 Å². The summed E-state index contributed by atoms with van der Waals surface area (Å²) in [4.78, 5) is 12.9. The summed E-state index contributed by atoms with van der Waals surface area (Å²) in [5.74, 6) is 2.33. The minimum atomic E-state index is -0.236. The summed E-state index contributed by atoms with van der Waals surface area (Å²) in [7, 11) is 1.62. The molecule has 3 aromatic rings. The third-order valence-corrected chi connectivity index (χ3v) is 4.35. The summed E-state index contributed by atoms with van der Waals surface area (Å²) in [6.07, 6.45) is 0. The van der Waals surface area contributed by atoms with E-state index in [-0.39, 0.29) is 6.03 Å². The van der Waals surface area contributed by atoms with Gasteiger partial charge in [-0.25, -0.2) is 4.79 Å². The van der Waals surface area contributed by atoms with Crippen molar-refractivity contribution in [3.8, 4) is 16.4 Å². The van der Waals surface area contributed by atoms with E-state index in [4.69, 9.17) is 9.15 Å². The predicted molar refractivity (Wildman–Crippen MR) is 94.1 cm³/mol. The highest BCUT2D eigenvalue weighted by Gasteiger charge is 2.07. The van der Waals surface area contributed by atoms with Crippen LogP contribution in [0.1, 0.15) is 11.3 Å². The molecule has 3 rings (SSSR count). The normalized spacial score (nSPS) is 10.4. The fourth-order valence-electron chi connectivity index (χ4n) is 2.18. The quantitative estimate of drug-likeness (QED) is 0.711.